The Morgan fingerprint density at radius 3 is 2.67 bits per heavy atom. The van der Waals surface area contributed by atoms with Crippen molar-refractivity contribution >= 4 is 11.6 Å². The average molecular weight is 285 g/mol. The summed E-state index contributed by atoms with van der Waals surface area (Å²) in [4.78, 5) is 18.6. The summed E-state index contributed by atoms with van der Waals surface area (Å²) in [7, 11) is 1.51. The van der Waals surface area contributed by atoms with E-state index in [-0.39, 0.29) is 5.91 Å². The fourth-order valence-electron chi connectivity index (χ4n) is 2.07. The number of amides is 1. The second-order valence-electron chi connectivity index (χ2n) is 4.49. The van der Waals surface area contributed by atoms with Crippen LogP contribution < -0.4 is 15.4 Å². The maximum absolute atomic E-state index is 12.8. The summed E-state index contributed by atoms with van der Waals surface area (Å²) >= 11 is 0. The van der Waals surface area contributed by atoms with Crippen LogP contribution in [-0.4, -0.2) is 31.1 Å². The van der Waals surface area contributed by atoms with Gasteiger partial charge >= 0.3 is 0 Å². The highest BCUT2D eigenvalue weighted by molar-refractivity contribution is 6.07. The van der Waals surface area contributed by atoms with Crippen molar-refractivity contribution in [3.63, 3.8) is 0 Å². The van der Waals surface area contributed by atoms with Crippen molar-refractivity contribution in [2.75, 3.05) is 25.1 Å². The molecule has 0 radical (unpaired) electrons. The smallest absolute Gasteiger partial charge is 0.263 e. The molecule has 1 amide bonds. The van der Waals surface area contributed by atoms with Gasteiger partial charge in [0, 0.05) is 18.4 Å². The van der Waals surface area contributed by atoms with Gasteiger partial charge in [0.2, 0.25) is 5.88 Å². The molecule has 2 aromatic rings. The molecule has 0 bridgehead atoms. The molecule has 2 N–H and O–H groups in total. The molecule has 110 valence electrons. The summed E-state index contributed by atoms with van der Waals surface area (Å²) < 4.78 is 5.17. The summed E-state index contributed by atoms with van der Waals surface area (Å²) in [5.41, 5.74) is 6.86. The molecule has 0 saturated carbocycles. The van der Waals surface area contributed by atoms with Gasteiger partial charge < -0.3 is 15.4 Å². The summed E-state index contributed by atoms with van der Waals surface area (Å²) in [6.45, 7) is 1.08. The Bertz CT molecular complexity index is 587. The molecule has 5 nitrogen and oxygen atoms in total. The summed E-state index contributed by atoms with van der Waals surface area (Å²) in [5, 5.41) is 0. The zero-order chi connectivity index (χ0) is 15.1. The maximum Gasteiger partial charge on any atom is 0.263 e. The SMILES string of the molecule is COc1ncccc1C(=O)N(CCCN)c1ccccc1. The number of benzene rings is 1. The molecule has 21 heavy (non-hydrogen) atoms. The number of nitrogens with two attached hydrogens (primary N) is 1. The minimum absolute atomic E-state index is 0.139. The summed E-state index contributed by atoms with van der Waals surface area (Å²) in [6.07, 6.45) is 2.32. The Labute approximate surface area is 124 Å². The van der Waals surface area contributed by atoms with E-state index in [9.17, 15) is 4.79 Å². The largest absolute Gasteiger partial charge is 0.480 e. The van der Waals surface area contributed by atoms with Crippen molar-refractivity contribution in [2.24, 2.45) is 5.73 Å². The Morgan fingerprint density at radius 2 is 2.00 bits per heavy atom. The lowest BCUT2D eigenvalue weighted by atomic mass is 10.2. The van der Waals surface area contributed by atoms with E-state index in [1.165, 1.54) is 7.11 Å². The van der Waals surface area contributed by atoms with Crippen LogP contribution in [0, 0.1) is 0 Å². The van der Waals surface area contributed by atoms with Gasteiger partial charge in [-0.05, 0) is 37.2 Å². The molecule has 0 aliphatic rings. The molecule has 2 rings (SSSR count). The van der Waals surface area contributed by atoms with Crippen molar-refractivity contribution < 1.29 is 9.53 Å². The zero-order valence-electron chi connectivity index (χ0n) is 12.0. The highest BCUT2D eigenvalue weighted by atomic mass is 16.5. The predicted molar refractivity (Wildman–Crippen MR) is 82.6 cm³/mol. The van der Waals surface area contributed by atoms with Crippen LogP contribution in [0.2, 0.25) is 0 Å². The Morgan fingerprint density at radius 1 is 1.24 bits per heavy atom. The fraction of sp³-hybridized carbons (Fsp3) is 0.250. The van der Waals surface area contributed by atoms with Gasteiger partial charge in [-0.2, -0.15) is 0 Å². The Kier molecular flexibility index (Phi) is 5.29. The van der Waals surface area contributed by atoms with E-state index in [1.807, 2.05) is 30.3 Å². The fourth-order valence-corrected chi connectivity index (χ4v) is 2.07. The Balaban J connectivity index is 2.34. The monoisotopic (exact) mass is 285 g/mol. The third-order valence-corrected chi connectivity index (χ3v) is 3.09. The first-order valence-electron chi connectivity index (χ1n) is 6.84. The average Bonchev–Trinajstić information content (AvgIpc) is 2.56. The molecule has 1 aromatic carbocycles. The number of carbonyl (C=O) groups is 1. The number of nitrogens with zero attached hydrogens (tertiary/aromatic N) is 2. The molecule has 0 spiro atoms. The first kappa shape index (κ1) is 15.0. The van der Waals surface area contributed by atoms with E-state index in [4.69, 9.17) is 10.5 Å². The van der Waals surface area contributed by atoms with Crippen LogP contribution in [0.1, 0.15) is 16.8 Å². The van der Waals surface area contributed by atoms with Gasteiger partial charge in [-0.1, -0.05) is 18.2 Å². The van der Waals surface area contributed by atoms with Crippen molar-refractivity contribution in [1.82, 2.24) is 4.98 Å². The van der Waals surface area contributed by atoms with E-state index < -0.39 is 0 Å². The molecule has 0 aliphatic carbocycles. The molecular weight excluding hydrogens is 266 g/mol. The number of carbonyl (C=O) groups excluding carboxylic acids is 1. The van der Waals surface area contributed by atoms with E-state index >= 15 is 0 Å². The Hall–Kier alpha value is -2.40. The van der Waals surface area contributed by atoms with Gasteiger partial charge in [-0.15, -0.1) is 0 Å². The lowest BCUT2D eigenvalue weighted by Crippen LogP contribution is -2.33. The number of aromatic nitrogens is 1. The molecule has 0 atom stereocenters. The molecule has 0 saturated heterocycles. The van der Waals surface area contributed by atoms with Crippen LogP contribution in [0.15, 0.2) is 48.7 Å². The highest BCUT2D eigenvalue weighted by Crippen LogP contribution is 2.21. The first-order valence-corrected chi connectivity index (χ1v) is 6.84. The number of methoxy groups -OCH3 is 1. The van der Waals surface area contributed by atoms with Crippen molar-refractivity contribution in [3.05, 3.63) is 54.2 Å². The number of rotatable bonds is 6. The second kappa shape index (κ2) is 7.40. The maximum atomic E-state index is 12.8. The summed E-state index contributed by atoms with van der Waals surface area (Å²) in [6, 6.07) is 13.0. The van der Waals surface area contributed by atoms with Gasteiger partial charge in [0.25, 0.3) is 5.91 Å². The minimum Gasteiger partial charge on any atom is -0.480 e. The number of hydrogen-bond donors (Lipinski definition) is 1. The van der Waals surface area contributed by atoms with Crippen molar-refractivity contribution in [2.45, 2.75) is 6.42 Å². The molecule has 5 heteroatoms. The van der Waals surface area contributed by atoms with E-state index in [0.717, 1.165) is 12.1 Å². The number of hydrogen-bond acceptors (Lipinski definition) is 4. The molecule has 1 heterocycles. The molecule has 1 aromatic heterocycles. The van der Waals surface area contributed by atoms with Gasteiger partial charge in [-0.3, -0.25) is 4.79 Å². The molecular formula is C16H19N3O2. The first-order chi connectivity index (χ1) is 10.3. The standard InChI is InChI=1S/C16H19N3O2/c1-21-15-14(9-5-11-18-15)16(20)19(12-6-10-17)13-7-3-2-4-8-13/h2-5,7-9,11H,6,10,12,17H2,1H3. The summed E-state index contributed by atoms with van der Waals surface area (Å²) in [5.74, 6) is 0.191. The van der Waals surface area contributed by atoms with Crippen LogP contribution >= 0.6 is 0 Å². The van der Waals surface area contributed by atoms with Gasteiger partial charge in [0.1, 0.15) is 5.56 Å². The normalized spacial score (nSPS) is 10.2. The van der Waals surface area contributed by atoms with Crippen molar-refractivity contribution in [3.8, 4) is 5.88 Å². The topological polar surface area (TPSA) is 68.5 Å². The lowest BCUT2D eigenvalue weighted by Gasteiger charge is -2.23. The van der Waals surface area contributed by atoms with Gasteiger partial charge in [0.05, 0.1) is 7.11 Å². The number of para-hydroxylation sites is 1. The van der Waals surface area contributed by atoms with Crippen LogP contribution in [0.4, 0.5) is 5.69 Å². The zero-order valence-corrected chi connectivity index (χ0v) is 12.0. The lowest BCUT2D eigenvalue weighted by molar-refractivity contribution is 0.0983. The predicted octanol–water partition coefficient (Wildman–Crippen LogP) is 2.09. The van der Waals surface area contributed by atoms with Gasteiger partial charge in [0.15, 0.2) is 0 Å². The van der Waals surface area contributed by atoms with Crippen LogP contribution in [0.5, 0.6) is 5.88 Å². The number of anilines is 1. The van der Waals surface area contributed by atoms with E-state index in [0.29, 0.717) is 24.5 Å². The van der Waals surface area contributed by atoms with Gasteiger partial charge in [-0.25, -0.2) is 4.98 Å². The van der Waals surface area contributed by atoms with Crippen molar-refractivity contribution in [1.29, 1.82) is 0 Å². The number of ether oxygens (including phenoxy) is 1. The molecule has 0 unspecified atom stereocenters. The van der Waals surface area contributed by atoms with Crippen LogP contribution in [0.25, 0.3) is 0 Å². The van der Waals surface area contributed by atoms with E-state index in [1.54, 1.807) is 23.2 Å². The number of pyridine rings is 1. The third-order valence-electron chi connectivity index (χ3n) is 3.09. The third kappa shape index (κ3) is 3.58. The minimum atomic E-state index is -0.139. The van der Waals surface area contributed by atoms with E-state index in [2.05, 4.69) is 4.98 Å². The highest BCUT2D eigenvalue weighted by Gasteiger charge is 2.21. The molecule has 0 fully saturated rings. The molecule has 0 aliphatic heterocycles. The second-order valence-corrected chi connectivity index (χ2v) is 4.49. The van der Waals surface area contributed by atoms with Crippen LogP contribution in [0.3, 0.4) is 0 Å². The van der Waals surface area contributed by atoms with Crippen LogP contribution in [-0.2, 0) is 0 Å². The quantitative estimate of drug-likeness (QED) is 0.882.